The molecule has 0 aliphatic carbocycles. The maximum Gasteiger partial charge on any atom is 0.328 e. The van der Waals surface area contributed by atoms with Crippen molar-refractivity contribution < 1.29 is 13.9 Å². The van der Waals surface area contributed by atoms with Crippen molar-refractivity contribution >= 4 is 22.6 Å². The number of hydrogen-bond donors (Lipinski definition) is 1. The summed E-state index contributed by atoms with van der Waals surface area (Å²) in [7, 11) is 3.40. The number of nitrogens with zero attached hydrogens (tertiary/aromatic N) is 2. The average Bonchev–Trinajstić information content (AvgIpc) is 2.97. The molecular formula is C23H20FN3O3. The number of hydrogen-bond acceptors (Lipinski definition) is 3. The number of aromatic nitrogens is 2. The standard InChI is InChI=1S/C23H20FN3O3/c1-26-20-11-10-18(13-21(20)27(2)23(26)29)25-22(28)16-4-3-5-19(12-16)30-14-15-6-8-17(24)9-7-15/h3-13H,14H2,1-2H3,(H,25,28). The maximum absolute atomic E-state index is 13.0. The van der Waals surface area contributed by atoms with Gasteiger partial charge in [-0.25, -0.2) is 9.18 Å². The van der Waals surface area contributed by atoms with Crippen molar-refractivity contribution in [1.82, 2.24) is 9.13 Å². The van der Waals surface area contributed by atoms with Crippen molar-refractivity contribution in [1.29, 1.82) is 0 Å². The zero-order valence-electron chi connectivity index (χ0n) is 16.6. The van der Waals surface area contributed by atoms with E-state index in [0.717, 1.165) is 16.6 Å². The molecule has 152 valence electrons. The van der Waals surface area contributed by atoms with Gasteiger partial charge in [-0.05, 0) is 54.1 Å². The van der Waals surface area contributed by atoms with E-state index in [1.165, 1.54) is 16.7 Å². The number of benzene rings is 3. The molecule has 0 saturated carbocycles. The van der Waals surface area contributed by atoms with Gasteiger partial charge in [0.25, 0.3) is 5.91 Å². The zero-order valence-corrected chi connectivity index (χ0v) is 16.6. The zero-order chi connectivity index (χ0) is 21.3. The van der Waals surface area contributed by atoms with Crippen LogP contribution in [0.15, 0.2) is 71.5 Å². The lowest BCUT2D eigenvalue weighted by molar-refractivity contribution is 0.102. The van der Waals surface area contributed by atoms with E-state index in [2.05, 4.69) is 5.32 Å². The van der Waals surface area contributed by atoms with Crippen molar-refractivity contribution in [3.63, 3.8) is 0 Å². The predicted molar refractivity (Wildman–Crippen MR) is 113 cm³/mol. The number of halogens is 1. The Balaban J connectivity index is 1.49. The minimum absolute atomic E-state index is 0.125. The van der Waals surface area contributed by atoms with Crippen LogP contribution in [0, 0.1) is 5.82 Å². The molecule has 1 amide bonds. The van der Waals surface area contributed by atoms with Gasteiger partial charge in [-0.15, -0.1) is 0 Å². The number of fused-ring (bicyclic) bond motifs is 1. The highest BCUT2D eigenvalue weighted by molar-refractivity contribution is 6.05. The van der Waals surface area contributed by atoms with Gasteiger partial charge in [-0.2, -0.15) is 0 Å². The molecule has 0 bridgehead atoms. The lowest BCUT2D eigenvalue weighted by atomic mass is 10.2. The molecule has 0 radical (unpaired) electrons. The average molecular weight is 405 g/mol. The molecule has 7 heteroatoms. The van der Waals surface area contributed by atoms with E-state index < -0.39 is 0 Å². The number of rotatable bonds is 5. The van der Waals surface area contributed by atoms with Gasteiger partial charge in [0.1, 0.15) is 18.2 Å². The van der Waals surface area contributed by atoms with E-state index >= 15 is 0 Å². The largest absolute Gasteiger partial charge is 0.489 e. The lowest BCUT2D eigenvalue weighted by Gasteiger charge is -2.09. The van der Waals surface area contributed by atoms with Crippen LogP contribution in [0.5, 0.6) is 5.75 Å². The Morgan fingerprint density at radius 1 is 0.967 bits per heavy atom. The van der Waals surface area contributed by atoms with Crippen LogP contribution >= 0.6 is 0 Å². The molecule has 1 heterocycles. The smallest absolute Gasteiger partial charge is 0.328 e. The highest BCUT2D eigenvalue weighted by Gasteiger charge is 2.11. The minimum atomic E-state index is -0.300. The van der Waals surface area contributed by atoms with Crippen molar-refractivity contribution in [2.45, 2.75) is 6.61 Å². The summed E-state index contributed by atoms with van der Waals surface area (Å²) in [6.45, 7) is 0.268. The number of ether oxygens (including phenoxy) is 1. The molecule has 0 saturated heterocycles. The Labute approximate surface area is 172 Å². The molecule has 3 aromatic carbocycles. The maximum atomic E-state index is 13.0. The SMILES string of the molecule is Cn1c(=O)n(C)c2cc(NC(=O)c3cccc(OCc4ccc(F)cc4)c3)ccc21. The van der Waals surface area contributed by atoms with Crippen LogP contribution in [0.1, 0.15) is 15.9 Å². The molecule has 0 fully saturated rings. The van der Waals surface area contributed by atoms with E-state index in [1.54, 1.807) is 73.3 Å². The van der Waals surface area contributed by atoms with Gasteiger partial charge in [0.2, 0.25) is 0 Å². The first-order valence-electron chi connectivity index (χ1n) is 9.36. The normalized spacial score (nSPS) is 10.9. The Kier molecular flexibility index (Phi) is 5.10. The first-order valence-corrected chi connectivity index (χ1v) is 9.36. The first kappa shape index (κ1) is 19.4. The molecule has 0 unspecified atom stereocenters. The van der Waals surface area contributed by atoms with Gasteiger partial charge >= 0.3 is 5.69 Å². The second-order valence-corrected chi connectivity index (χ2v) is 7.00. The van der Waals surface area contributed by atoms with Gasteiger partial charge in [-0.3, -0.25) is 13.9 Å². The van der Waals surface area contributed by atoms with Crippen LogP contribution in [0.25, 0.3) is 11.0 Å². The van der Waals surface area contributed by atoms with Gasteiger partial charge in [-0.1, -0.05) is 18.2 Å². The van der Waals surface area contributed by atoms with Crippen LogP contribution in [-0.4, -0.2) is 15.0 Å². The Morgan fingerprint density at radius 2 is 1.70 bits per heavy atom. The van der Waals surface area contributed by atoms with E-state index in [-0.39, 0.29) is 24.0 Å². The summed E-state index contributed by atoms with van der Waals surface area (Å²) >= 11 is 0. The van der Waals surface area contributed by atoms with Crippen LogP contribution < -0.4 is 15.7 Å². The summed E-state index contributed by atoms with van der Waals surface area (Å²) in [6, 6.07) is 18.2. The van der Waals surface area contributed by atoms with Crippen molar-refractivity contribution in [2.75, 3.05) is 5.32 Å². The van der Waals surface area contributed by atoms with Crippen molar-refractivity contribution in [3.05, 3.63) is 94.2 Å². The number of amides is 1. The molecule has 4 rings (SSSR count). The van der Waals surface area contributed by atoms with Gasteiger partial charge in [0.05, 0.1) is 11.0 Å². The third kappa shape index (κ3) is 3.82. The molecule has 30 heavy (non-hydrogen) atoms. The Morgan fingerprint density at radius 3 is 2.47 bits per heavy atom. The second kappa shape index (κ2) is 7.87. The van der Waals surface area contributed by atoms with Crippen LogP contribution in [0.3, 0.4) is 0 Å². The van der Waals surface area contributed by atoms with E-state index in [4.69, 9.17) is 4.74 Å². The summed E-state index contributed by atoms with van der Waals surface area (Å²) in [4.78, 5) is 24.8. The number of carbonyl (C=O) groups excluding carboxylic acids is 1. The van der Waals surface area contributed by atoms with E-state index in [1.807, 2.05) is 0 Å². The molecule has 1 N–H and O–H groups in total. The second-order valence-electron chi connectivity index (χ2n) is 7.00. The van der Waals surface area contributed by atoms with Crippen molar-refractivity contribution in [3.8, 4) is 5.75 Å². The lowest BCUT2D eigenvalue weighted by Crippen LogP contribution is -2.19. The third-order valence-electron chi connectivity index (χ3n) is 4.94. The quantitative estimate of drug-likeness (QED) is 0.549. The fourth-order valence-electron chi connectivity index (χ4n) is 3.26. The third-order valence-corrected chi connectivity index (χ3v) is 4.94. The van der Waals surface area contributed by atoms with E-state index in [0.29, 0.717) is 17.0 Å². The summed E-state index contributed by atoms with van der Waals surface area (Å²) in [5.74, 6) is -0.0541. The Hall–Kier alpha value is -3.87. The van der Waals surface area contributed by atoms with Crippen molar-refractivity contribution in [2.24, 2.45) is 14.1 Å². The minimum Gasteiger partial charge on any atom is -0.489 e. The summed E-state index contributed by atoms with van der Waals surface area (Å²) in [6.07, 6.45) is 0. The Bertz CT molecular complexity index is 1290. The topological polar surface area (TPSA) is 65.3 Å². The van der Waals surface area contributed by atoms with Crippen LogP contribution in [0.4, 0.5) is 10.1 Å². The number of nitrogens with one attached hydrogen (secondary N) is 1. The fourth-order valence-corrected chi connectivity index (χ4v) is 3.26. The number of imidazole rings is 1. The van der Waals surface area contributed by atoms with Gasteiger partial charge < -0.3 is 10.1 Å². The first-order chi connectivity index (χ1) is 14.4. The van der Waals surface area contributed by atoms with E-state index in [9.17, 15) is 14.0 Å². The molecule has 1 aromatic heterocycles. The predicted octanol–water partition coefficient (Wildman–Crippen LogP) is 3.85. The van der Waals surface area contributed by atoms with Gasteiger partial charge in [0, 0.05) is 25.3 Å². The highest BCUT2D eigenvalue weighted by Crippen LogP contribution is 2.20. The molecule has 0 atom stereocenters. The monoisotopic (exact) mass is 405 g/mol. The summed E-state index contributed by atoms with van der Waals surface area (Å²) < 4.78 is 21.8. The van der Waals surface area contributed by atoms with Gasteiger partial charge in [0.15, 0.2) is 0 Å². The number of carbonyl (C=O) groups is 1. The molecule has 6 nitrogen and oxygen atoms in total. The van der Waals surface area contributed by atoms with Crippen LogP contribution in [-0.2, 0) is 20.7 Å². The van der Waals surface area contributed by atoms with Crippen LogP contribution in [0.2, 0.25) is 0 Å². The number of anilines is 1. The fraction of sp³-hybridized carbons (Fsp3) is 0.130. The number of aryl methyl sites for hydroxylation is 2. The molecule has 4 aromatic rings. The highest BCUT2D eigenvalue weighted by atomic mass is 19.1. The molecule has 0 aliphatic heterocycles. The molecular weight excluding hydrogens is 385 g/mol. The molecule has 0 aliphatic rings. The summed E-state index contributed by atoms with van der Waals surface area (Å²) in [5.41, 5.74) is 3.25. The summed E-state index contributed by atoms with van der Waals surface area (Å²) in [5, 5.41) is 2.85. The molecule has 0 spiro atoms.